The summed E-state index contributed by atoms with van der Waals surface area (Å²) in [5.74, 6) is 0. The van der Waals surface area contributed by atoms with E-state index in [1.807, 2.05) is 24.5 Å². The van der Waals surface area contributed by atoms with Crippen LogP contribution in [0.3, 0.4) is 0 Å². The average Bonchev–Trinajstić information content (AvgIpc) is 3.35. The number of fused-ring (bicyclic) bond motifs is 6. The Morgan fingerprint density at radius 1 is 0.462 bits per heavy atom. The Bertz CT molecular complexity index is 2160. The predicted octanol–water partition coefficient (Wildman–Crippen LogP) is 9.21. The molecule has 0 aliphatic heterocycles. The largest absolute Gasteiger partial charge is 0.309 e. The van der Waals surface area contributed by atoms with Crippen LogP contribution in [-0.2, 0) is 0 Å². The van der Waals surface area contributed by atoms with Crippen LogP contribution in [0.2, 0.25) is 0 Å². The molecule has 0 aliphatic carbocycles. The predicted molar refractivity (Wildman–Crippen MR) is 162 cm³/mol. The first-order valence-electron chi connectivity index (χ1n) is 13.2. The summed E-state index contributed by atoms with van der Waals surface area (Å²) in [5, 5.41) is 5.96. The van der Waals surface area contributed by atoms with E-state index >= 15 is 0 Å². The third-order valence-corrected chi connectivity index (χ3v) is 7.67. The van der Waals surface area contributed by atoms with Gasteiger partial charge in [0.05, 0.1) is 22.2 Å². The Hall–Kier alpha value is -5.28. The third kappa shape index (κ3) is 3.52. The fraction of sp³-hybridized carbons (Fsp3) is 0. The summed E-state index contributed by atoms with van der Waals surface area (Å²) < 4.78 is 2.37. The first-order valence-corrected chi connectivity index (χ1v) is 13.2. The highest BCUT2D eigenvalue weighted by Crippen LogP contribution is 2.36. The van der Waals surface area contributed by atoms with Gasteiger partial charge < -0.3 is 4.57 Å². The fourth-order valence-electron chi connectivity index (χ4n) is 5.76. The SMILES string of the molecule is c1ccc(-c2ccc(-c3ccc4c5ccccc5n(-c5ccc6ccc7cccnc7c6c5)c4c3)nc2)cc1. The van der Waals surface area contributed by atoms with Gasteiger partial charge in [-0.15, -0.1) is 0 Å². The molecule has 0 N–H and O–H groups in total. The summed E-state index contributed by atoms with van der Waals surface area (Å²) in [5.41, 5.74) is 8.84. The monoisotopic (exact) mass is 497 g/mol. The average molecular weight is 498 g/mol. The van der Waals surface area contributed by atoms with Gasteiger partial charge in [0.15, 0.2) is 0 Å². The van der Waals surface area contributed by atoms with Gasteiger partial charge in [-0.05, 0) is 47.3 Å². The van der Waals surface area contributed by atoms with E-state index in [0.29, 0.717) is 0 Å². The van der Waals surface area contributed by atoms with Crippen molar-refractivity contribution in [2.24, 2.45) is 0 Å². The van der Waals surface area contributed by atoms with Crippen molar-refractivity contribution in [1.29, 1.82) is 0 Å². The van der Waals surface area contributed by atoms with Crippen LogP contribution in [0.1, 0.15) is 0 Å². The third-order valence-electron chi connectivity index (χ3n) is 7.67. The van der Waals surface area contributed by atoms with E-state index < -0.39 is 0 Å². The number of nitrogens with zero attached hydrogens (tertiary/aromatic N) is 3. The molecule has 182 valence electrons. The van der Waals surface area contributed by atoms with Gasteiger partial charge in [-0.25, -0.2) is 0 Å². The van der Waals surface area contributed by atoms with Crippen molar-refractivity contribution in [2.45, 2.75) is 0 Å². The molecular formula is C36H23N3. The molecule has 0 atom stereocenters. The standard InChI is InChI=1S/C36H23N3/c1-2-7-24(8-3-1)28-16-19-33(38-23-28)27-15-18-31-30-10-4-5-11-34(30)39(35(31)21-27)29-17-14-25-12-13-26-9-6-20-37-36(26)32(25)22-29/h1-23H. The minimum atomic E-state index is 0.960. The molecule has 0 amide bonds. The van der Waals surface area contributed by atoms with Gasteiger partial charge >= 0.3 is 0 Å². The Kier molecular flexibility index (Phi) is 4.82. The summed E-state index contributed by atoms with van der Waals surface area (Å²) in [6.45, 7) is 0. The summed E-state index contributed by atoms with van der Waals surface area (Å²) in [6.07, 6.45) is 3.84. The maximum absolute atomic E-state index is 4.85. The van der Waals surface area contributed by atoms with E-state index in [2.05, 4.69) is 120 Å². The number of pyridine rings is 2. The summed E-state index contributed by atoms with van der Waals surface area (Å²) in [7, 11) is 0. The van der Waals surface area contributed by atoms with Crippen molar-refractivity contribution < 1.29 is 0 Å². The molecule has 0 saturated heterocycles. The lowest BCUT2D eigenvalue weighted by Crippen LogP contribution is -1.95. The van der Waals surface area contributed by atoms with Crippen molar-refractivity contribution in [3.8, 4) is 28.1 Å². The maximum atomic E-state index is 4.85. The number of aromatic nitrogens is 3. The summed E-state index contributed by atoms with van der Waals surface area (Å²) >= 11 is 0. The Morgan fingerprint density at radius 2 is 1.26 bits per heavy atom. The highest BCUT2D eigenvalue weighted by Gasteiger charge is 2.14. The second-order valence-corrected chi connectivity index (χ2v) is 9.93. The topological polar surface area (TPSA) is 30.7 Å². The molecule has 5 aromatic carbocycles. The van der Waals surface area contributed by atoms with Crippen molar-refractivity contribution >= 4 is 43.5 Å². The highest BCUT2D eigenvalue weighted by atomic mass is 15.0. The molecule has 0 spiro atoms. The van der Waals surface area contributed by atoms with Crippen LogP contribution in [0.25, 0.3) is 71.6 Å². The maximum Gasteiger partial charge on any atom is 0.0781 e. The number of rotatable bonds is 3. The van der Waals surface area contributed by atoms with Gasteiger partial charge in [-0.1, -0.05) is 91.0 Å². The van der Waals surface area contributed by atoms with Crippen molar-refractivity contribution in [2.75, 3.05) is 0 Å². The van der Waals surface area contributed by atoms with E-state index in [9.17, 15) is 0 Å². The van der Waals surface area contributed by atoms with Crippen LogP contribution in [0, 0.1) is 0 Å². The highest BCUT2D eigenvalue weighted by molar-refractivity contribution is 6.11. The molecule has 8 aromatic rings. The van der Waals surface area contributed by atoms with Gasteiger partial charge in [0.1, 0.15) is 0 Å². The minimum absolute atomic E-state index is 0.960. The van der Waals surface area contributed by atoms with Crippen molar-refractivity contribution in [1.82, 2.24) is 14.5 Å². The molecule has 3 nitrogen and oxygen atoms in total. The Labute approximate surface area is 225 Å². The first kappa shape index (κ1) is 21.8. The van der Waals surface area contributed by atoms with E-state index in [1.54, 1.807) is 0 Å². The molecule has 39 heavy (non-hydrogen) atoms. The molecule has 3 heterocycles. The molecule has 8 rings (SSSR count). The summed E-state index contributed by atoms with van der Waals surface area (Å²) in [6, 6.07) is 45.1. The second-order valence-electron chi connectivity index (χ2n) is 9.93. The first-order chi connectivity index (χ1) is 19.3. The summed E-state index contributed by atoms with van der Waals surface area (Å²) in [4.78, 5) is 9.57. The number of para-hydroxylation sites is 1. The van der Waals surface area contributed by atoms with Crippen molar-refractivity contribution in [3.05, 3.63) is 140 Å². The number of hydrogen-bond donors (Lipinski definition) is 0. The molecule has 0 fully saturated rings. The van der Waals surface area contributed by atoms with Gasteiger partial charge in [-0.2, -0.15) is 0 Å². The lowest BCUT2D eigenvalue weighted by atomic mass is 10.0. The molecular weight excluding hydrogens is 474 g/mol. The smallest absolute Gasteiger partial charge is 0.0781 e. The van der Waals surface area contributed by atoms with E-state index in [-0.39, 0.29) is 0 Å². The van der Waals surface area contributed by atoms with E-state index in [1.165, 1.54) is 27.2 Å². The lowest BCUT2D eigenvalue weighted by molar-refractivity contribution is 1.18. The van der Waals surface area contributed by atoms with Crippen LogP contribution in [0.5, 0.6) is 0 Å². The normalized spacial score (nSPS) is 11.6. The van der Waals surface area contributed by atoms with Crippen LogP contribution >= 0.6 is 0 Å². The molecule has 3 aromatic heterocycles. The van der Waals surface area contributed by atoms with Crippen LogP contribution in [-0.4, -0.2) is 14.5 Å². The van der Waals surface area contributed by atoms with E-state index in [0.717, 1.165) is 44.3 Å². The molecule has 0 radical (unpaired) electrons. The van der Waals surface area contributed by atoms with Gasteiger partial charge in [0, 0.05) is 50.8 Å². The van der Waals surface area contributed by atoms with E-state index in [4.69, 9.17) is 9.97 Å². The zero-order chi connectivity index (χ0) is 25.8. The van der Waals surface area contributed by atoms with Crippen molar-refractivity contribution in [3.63, 3.8) is 0 Å². The van der Waals surface area contributed by atoms with Gasteiger partial charge in [-0.3, -0.25) is 9.97 Å². The Balaban J connectivity index is 1.33. The number of hydrogen-bond acceptors (Lipinski definition) is 2. The molecule has 0 aliphatic rings. The quantitative estimate of drug-likeness (QED) is 0.228. The molecule has 0 bridgehead atoms. The minimum Gasteiger partial charge on any atom is -0.309 e. The lowest BCUT2D eigenvalue weighted by Gasteiger charge is -2.11. The molecule has 3 heteroatoms. The van der Waals surface area contributed by atoms with Crippen LogP contribution in [0.4, 0.5) is 0 Å². The zero-order valence-electron chi connectivity index (χ0n) is 21.1. The zero-order valence-corrected chi connectivity index (χ0v) is 21.1. The van der Waals surface area contributed by atoms with Crippen LogP contribution < -0.4 is 0 Å². The molecule has 0 saturated carbocycles. The Morgan fingerprint density at radius 3 is 2.15 bits per heavy atom. The second kappa shape index (κ2) is 8.64. The number of benzene rings is 5. The molecule has 0 unspecified atom stereocenters. The van der Waals surface area contributed by atoms with Gasteiger partial charge in [0.25, 0.3) is 0 Å². The van der Waals surface area contributed by atoms with Gasteiger partial charge in [0.2, 0.25) is 0 Å². The fourth-order valence-corrected chi connectivity index (χ4v) is 5.76. The van der Waals surface area contributed by atoms with Crippen LogP contribution in [0.15, 0.2) is 140 Å².